The summed E-state index contributed by atoms with van der Waals surface area (Å²) in [5.41, 5.74) is 1.02. The molecule has 2 aromatic rings. The summed E-state index contributed by atoms with van der Waals surface area (Å²) in [6, 6.07) is 4.49. The number of allylic oxidation sites excluding steroid dienone is 1. The Hall–Kier alpha value is -2.87. The standard InChI is InChI=1S/C22H26ClN5O3/c1-13-10-15(14(2)24-16-6-7-17(23)25-20(16)22(30)31)21-26-18(11-19(29)28(21)12-13)27-8-4-3-5-9-27/h6-7,10-11,13-14,24H,3-5,8-9,12H2,1-2H3,(H,30,31)/t13?,14-/m1/s1. The number of hydrogen-bond donors (Lipinski definition) is 2. The zero-order valence-electron chi connectivity index (χ0n) is 17.6. The van der Waals surface area contributed by atoms with Crippen molar-refractivity contribution in [2.75, 3.05) is 23.3 Å². The predicted molar refractivity (Wildman–Crippen MR) is 121 cm³/mol. The maximum atomic E-state index is 12.9. The molecule has 0 bridgehead atoms. The van der Waals surface area contributed by atoms with E-state index in [9.17, 15) is 14.7 Å². The number of hydrogen-bond acceptors (Lipinski definition) is 6. The van der Waals surface area contributed by atoms with Crippen LogP contribution in [0.4, 0.5) is 11.5 Å². The molecule has 2 aliphatic rings. The van der Waals surface area contributed by atoms with Crippen LogP contribution in [-0.4, -0.2) is 44.7 Å². The molecule has 0 aliphatic carbocycles. The van der Waals surface area contributed by atoms with Gasteiger partial charge in [0, 0.05) is 31.3 Å². The lowest BCUT2D eigenvalue weighted by molar-refractivity contribution is 0.0691. The average molecular weight is 444 g/mol. The minimum absolute atomic E-state index is 0.0605. The first-order chi connectivity index (χ1) is 14.8. The van der Waals surface area contributed by atoms with Crippen LogP contribution in [0.2, 0.25) is 5.15 Å². The van der Waals surface area contributed by atoms with E-state index in [1.165, 1.54) is 6.42 Å². The second-order valence-corrected chi connectivity index (χ2v) is 8.62. The van der Waals surface area contributed by atoms with Crippen LogP contribution >= 0.6 is 11.6 Å². The Morgan fingerprint density at radius 3 is 2.71 bits per heavy atom. The van der Waals surface area contributed by atoms with Gasteiger partial charge in [-0.3, -0.25) is 9.36 Å². The number of halogens is 1. The first-order valence-electron chi connectivity index (χ1n) is 10.6. The van der Waals surface area contributed by atoms with E-state index >= 15 is 0 Å². The zero-order chi connectivity index (χ0) is 22.1. The van der Waals surface area contributed by atoms with E-state index in [0.717, 1.165) is 31.5 Å². The summed E-state index contributed by atoms with van der Waals surface area (Å²) >= 11 is 5.87. The summed E-state index contributed by atoms with van der Waals surface area (Å²) in [6.07, 6.45) is 5.49. The molecule has 0 spiro atoms. The normalized spacial score (nSPS) is 19.4. The number of anilines is 2. The number of rotatable bonds is 5. The molecule has 1 saturated heterocycles. The summed E-state index contributed by atoms with van der Waals surface area (Å²) in [5, 5.41) is 12.8. The highest BCUT2D eigenvalue weighted by atomic mass is 35.5. The highest BCUT2D eigenvalue weighted by Crippen LogP contribution is 2.29. The zero-order valence-corrected chi connectivity index (χ0v) is 18.4. The Kier molecular flexibility index (Phi) is 6.00. The van der Waals surface area contributed by atoms with Crippen molar-refractivity contribution in [3.63, 3.8) is 0 Å². The van der Waals surface area contributed by atoms with E-state index in [0.29, 0.717) is 23.9 Å². The fraction of sp³-hybridized carbons (Fsp3) is 0.455. The molecular formula is C22H26ClN5O3. The minimum Gasteiger partial charge on any atom is -0.476 e. The van der Waals surface area contributed by atoms with Crippen LogP contribution < -0.4 is 15.8 Å². The summed E-state index contributed by atoms with van der Waals surface area (Å²) in [4.78, 5) is 35.5. The second-order valence-electron chi connectivity index (χ2n) is 8.24. The Morgan fingerprint density at radius 1 is 1.26 bits per heavy atom. The summed E-state index contributed by atoms with van der Waals surface area (Å²) < 4.78 is 1.71. The van der Waals surface area contributed by atoms with Crippen LogP contribution in [0.15, 0.2) is 29.1 Å². The van der Waals surface area contributed by atoms with E-state index in [-0.39, 0.29) is 28.4 Å². The molecule has 4 rings (SSSR count). The quantitative estimate of drug-likeness (QED) is 0.682. The Morgan fingerprint density at radius 2 is 2.00 bits per heavy atom. The molecule has 1 fully saturated rings. The van der Waals surface area contributed by atoms with Gasteiger partial charge in [-0.1, -0.05) is 24.6 Å². The number of carboxylic acid groups (broad SMARTS) is 1. The Balaban J connectivity index is 1.70. The minimum atomic E-state index is -1.16. The van der Waals surface area contributed by atoms with Crippen LogP contribution in [0.3, 0.4) is 0 Å². The number of carbonyl (C=O) groups is 1. The molecule has 9 heteroatoms. The predicted octanol–water partition coefficient (Wildman–Crippen LogP) is 3.51. The molecule has 0 radical (unpaired) electrons. The van der Waals surface area contributed by atoms with Gasteiger partial charge in [-0.15, -0.1) is 0 Å². The van der Waals surface area contributed by atoms with E-state index in [1.807, 2.05) is 13.8 Å². The molecule has 164 valence electrons. The first kappa shape index (κ1) is 21.4. The van der Waals surface area contributed by atoms with Crippen molar-refractivity contribution < 1.29 is 9.90 Å². The molecule has 2 atom stereocenters. The second kappa shape index (κ2) is 8.70. The van der Waals surface area contributed by atoms with Gasteiger partial charge in [-0.25, -0.2) is 14.8 Å². The largest absolute Gasteiger partial charge is 0.476 e. The van der Waals surface area contributed by atoms with Gasteiger partial charge < -0.3 is 15.3 Å². The van der Waals surface area contributed by atoms with Crippen molar-refractivity contribution in [2.45, 2.75) is 45.7 Å². The number of aromatic nitrogens is 3. The molecule has 0 amide bonds. The average Bonchev–Trinajstić information content (AvgIpc) is 2.75. The lowest BCUT2D eigenvalue weighted by Gasteiger charge is -2.31. The Bertz CT molecular complexity index is 1090. The fourth-order valence-corrected chi connectivity index (χ4v) is 4.41. The molecule has 2 aliphatic heterocycles. The van der Waals surface area contributed by atoms with E-state index in [1.54, 1.807) is 22.8 Å². The lowest BCUT2D eigenvalue weighted by atomic mass is 9.97. The molecule has 2 aromatic heterocycles. The highest BCUT2D eigenvalue weighted by Gasteiger charge is 2.26. The fourth-order valence-electron chi connectivity index (χ4n) is 4.26. The summed E-state index contributed by atoms with van der Waals surface area (Å²) in [7, 11) is 0. The van der Waals surface area contributed by atoms with E-state index in [2.05, 4.69) is 21.3 Å². The van der Waals surface area contributed by atoms with Gasteiger partial charge in [0.2, 0.25) is 0 Å². The molecule has 2 N–H and O–H groups in total. The maximum Gasteiger partial charge on any atom is 0.356 e. The number of nitrogens with one attached hydrogen (secondary N) is 1. The van der Waals surface area contributed by atoms with E-state index < -0.39 is 5.97 Å². The smallest absolute Gasteiger partial charge is 0.356 e. The summed E-state index contributed by atoms with van der Waals surface area (Å²) in [5.74, 6) is 0.327. The Labute approximate surface area is 185 Å². The maximum absolute atomic E-state index is 12.9. The van der Waals surface area contributed by atoms with E-state index in [4.69, 9.17) is 16.6 Å². The van der Waals surface area contributed by atoms with Crippen molar-refractivity contribution >= 4 is 34.6 Å². The first-order valence-corrected chi connectivity index (χ1v) is 11.0. The number of aromatic carboxylic acids is 1. The van der Waals surface area contributed by atoms with Crippen LogP contribution in [0, 0.1) is 5.92 Å². The molecule has 4 heterocycles. The number of carboxylic acids is 1. The number of pyridine rings is 1. The molecule has 8 nitrogen and oxygen atoms in total. The van der Waals surface area contributed by atoms with Crippen molar-refractivity contribution in [2.24, 2.45) is 5.92 Å². The van der Waals surface area contributed by atoms with Crippen molar-refractivity contribution in [1.82, 2.24) is 14.5 Å². The topological polar surface area (TPSA) is 100 Å². The molecule has 0 saturated carbocycles. The van der Waals surface area contributed by atoms with Gasteiger partial charge in [0.1, 0.15) is 16.8 Å². The molecule has 1 unspecified atom stereocenters. The third kappa shape index (κ3) is 4.44. The number of fused-ring (bicyclic) bond motifs is 1. The van der Waals surface area contributed by atoms with Crippen LogP contribution in [0.5, 0.6) is 0 Å². The van der Waals surface area contributed by atoms with Gasteiger partial charge in [0.15, 0.2) is 5.69 Å². The van der Waals surface area contributed by atoms with Gasteiger partial charge >= 0.3 is 5.97 Å². The van der Waals surface area contributed by atoms with Gasteiger partial charge in [0.25, 0.3) is 5.56 Å². The highest BCUT2D eigenvalue weighted by molar-refractivity contribution is 6.29. The molecular weight excluding hydrogens is 418 g/mol. The molecule has 0 aromatic carbocycles. The van der Waals surface area contributed by atoms with Gasteiger partial charge in [-0.05, 0) is 44.2 Å². The monoisotopic (exact) mass is 443 g/mol. The lowest BCUT2D eigenvalue weighted by Crippen LogP contribution is -2.37. The summed E-state index contributed by atoms with van der Waals surface area (Å²) in [6.45, 7) is 6.34. The van der Waals surface area contributed by atoms with Crippen molar-refractivity contribution in [3.05, 3.63) is 51.3 Å². The molecule has 31 heavy (non-hydrogen) atoms. The van der Waals surface area contributed by atoms with Crippen LogP contribution in [0.1, 0.15) is 49.4 Å². The van der Waals surface area contributed by atoms with Crippen molar-refractivity contribution in [1.29, 1.82) is 0 Å². The SMILES string of the molecule is CC1C=C([C@@H](C)Nc2ccc(Cl)nc2C(=O)O)c2nc(N3CCCCC3)cc(=O)n2C1. The van der Waals surface area contributed by atoms with Gasteiger partial charge in [-0.2, -0.15) is 0 Å². The van der Waals surface area contributed by atoms with Crippen LogP contribution in [0.25, 0.3) is 5.57 Å². The van der Waals surface area contributed by atoms with Crippen molar-refractivity contribution in [3.8, 4) is 0 Å². The van der Waals surface area contributed by atoms with Gasteiger partial charge in [0.05, 0.1) is 11.7 Å². The number of piperidine rings is 1. The number of nitrogens with zero attached hydrogens (tertiary/aromatic N) is 4. The third-order valence-electron chi connectivity index (χ3n) is 5.77. The third-order valence-corrected chi connectivity index (χ3v) is 5.98. The van der Waals surface area contributed by atoms with Crippen LogP contribution in [-0.2, 0) is 6.54 Å².